The van der Waals surface area contributed by atoms with Gasteiger partial charge >= 0.3 is 0 Å². The second kappa shape index (κ2) is 9.66. The van der Waals surface area contributed by atoms with Crippen LogP contribution < -0.4 is 24.3 Å². The molecule has 4 rings (SSSR count). The number of hydrogen-bond donors (Lipinski definition) is 0. The second-order valence-corrected chi connectivity index (χ2v) is 7.67. The van der Waals surface area contributed by atoms with Crippen molar-refractivity contribution in [1.82, 2.24) is 4.90 Å². The molecule has 0 spiro atoms. The van der Waals surface area contributed by atoms with Crippen LogP contribution in [0.15, 0.2) is 72.6 Å². The van der Waals surface area contributed by atoms with Gasteiger partial charge in [0.05, 0.1) is 33.9 Å². The first kappa shape index (κ1) is 22.8. The van der Waals surface area contributed by atoms with Crippen LogP contribution in [-0.4, -0.2) is 37.9 Å². The van der Waals surface area contributed by atoms with Gasteiger partial charge in [0, 0.05) is 17.2 Å². The summed E-state index contributed by atoms with van der Waals surface area (Å²) < 4.78 is 16.0. The summed E-state index contributed by atoms with van der Waals surface area (Å²) >= 11 is 0. The van der Waals surface area contributed by atoms with Gasteiger partial charge in [-0.05, 0) is 41.5 Å². The van der Waals surface area contributed by atoms with Crippen LogP contribution in [-0.2, 0) is 16.1 Å². The molecular weight excluding hydrogens is 436 g/mol. The van der Waals surface area contributed by atoms with Crippen LogP contribution in [0.5, 0.6) is 17.2 Å². The molecule has 8 heteroatoms. The summed E-state index contributed by atoms with van der Waals surface area (Å²) in [5.41, 5.74) is 1.48. The second-order valence-electron chi connectivity index (χ2n) is 7.67. The van der Waals surface area contributed by atoms with Gasteiger partial charge in [0.2, 0.25) is 5.78 Å². The largest absolute Gasteiger partial charge is 0.872 e. The van der Waals surface area contributed by atoms with Gasteiger partial charge in [0.15, 0.2) is 23.9 Å². The number of hydrogen-bond acceptors (Lipinski definition) is 6. The number of aromatic amines is 1. The number of H-pyrrole nitrogens is 1. The Morgan fingerprint density at radius 3 is 2.44 bits per heavy atom. The van der Waals surface area contributed by atoms with Gasteiger partial charge < -0.3 is 24.2 Å². The number of rotatable bonds is 7. The molecule has 0 radical (unpaired) electrons. The fraction of sp³-hybridized carbons (Fsp3) is 0.192. The molecule has 0 saturated carbocycles. The number of benzene rings is 2. The highest BCUT2D eigenvalue weighted by atomic mass is 16.5. The van der Waals surface area contributed by atoms with E-state index < -0.39 is 23.5 Å². The summed E-state index contributed by atoms with van der Waals surface area (Å²) in [7, 11) is 4.50. The van der Waals surface area contributed by atoms with Crippen LogP contribution in [0, 0.1) is 0 Å². The number of carbonyl (C=O) groups excluding carboxylic acids is 2. The van der Waals surface area contributed by atoms with Gasteiger partial charge in [-0.25, -0.2) is 4.98 Å². The Labute approximate surface area is 197 Å². The molecule has 2 aromatic carbocycles. The molecule has 1 atom stereocenters. The predicted molar refractivity (Wildman–Crippen MR) is 121 cm³/mol. The minimum Gasteiger partial charge on any atom is -0.872 e. The van der Waals surface area contributed by atoms with Crippen molar-refractivity contribution in [1.29, 1.82) is 0 Å². The third-order valence-corrected chi connectivity index (χ3v) is 5.71. The minimum atomic E-state index is -0.904. The van der Waals surface area contributed by atoms with E-state index in [9.17, 15) is 14.7 Å². The van der Waals surface area contributed by atoms with Crippen molar-refractivity contribution < 1.29 is 33.9 Å². The Balaban J connectivity index is 1.90. The third kappa shape index (κ3) is 4.17. The van der Waals surface area contributed by atoms with Crippen molar-refractivity contribution in [3.8, 4) is 17.2 Å². The van der Waals surface area contributed by atoms with E-state index in [0.717, 1.165) is 5.56 Å². The number of nitrogens with zero attached hydrogens (tertiary/aromatic N) is 1. The fourth-order valence-corrected chi connectivity index (χ4v) is 4.05. The Morgan fingerprint density at radius 1 is 0.971 bits per heavy atom. The predicted octanol–water partition coefficient (Wildman–Crippen LogP) is 1.95. The quantitative estimate of drug-likeness (QED) is 0.303. The molecule has 174 valence electrons. The molecule has 1 fully saturated rings. The van der Waals surface area contributed by atoms with Gasteiger partial charge in [-0.3, -0.25) is 9.59 Å². The van der Waals surface area contributed by atoms with Crippen molar-refractivity contribution in [2.45, 2.75) is 12.6 Å². The summed E-state index contributed by atoms with van der Waals surface area (Å²) in [5, 5.41) is 13.6. The lowest BCUT2D eigenvalue weighted by atomic mass is 9.94. The molecule has 1 N–H and O–H groups in total. The lowest BCUT2D eigenvalue weighted by Crippen LogP contribution is -2.29. The first-order valence-corrected chi connectivity index (χ1v) is 10.6. The molecule has 0 aliphatic carbocycles. The van der Waals surface area contributed by atoms with Gasteiger partial charge in [-0.1, -0.05) is 24.0 Å². The SMILES string of the molecule is COc1cccc(C([O-])=C2C(=O)C(=O)N(Cc3ccc[nH+]c3)C2c2ccc(OC)c(OC)c2)c1. The number of Topliss-reactive ketones (excluding diaryl/α,β-unsaturated/α-hetero) is 1. The Hall–Kier alpha value is -4.33. The van der Waals surface area contributed by atoms with E-state index in [2.05, 4.69) is 4.98 Å². The van der Waals surface area contributed by atoms with E-state index in [-0.39, 0.29) is 17.7 Å². The average Bonchev–Trinajstić information content (AvgIpc) is 3.13. The molecule has 2 heterocycles. The van der Waals surface area contributed by atoms with E-state index >= 15 is 0 Å². The van der Waals surface area contributed by atoms with Crippen molar-refractivity contribution in [2.24, 2.45) is 0 Å². The van der Waals surface area contributed by atoms with Crippen molar-refractivity contribution in [3.63, 3.8) is 0 Å². The summed E-state index contributed by atoms with van der Waals surface area (Å²) in [5.74, 6) is -0.705. The van der Waals surface area contributed by atoms with Crippen molar-refractivity contribution in [2.75, 3.05) is 21.3 Å². The van der Waals surface area contributed by atoms with Crippen LogP contribution >= 0.6 is 0 Å². The standard InChI is InChI=1S/C26H24N2O6/c1-32-19-8-4-7-18(12-19)24(29)22-23(17-9-10-20(33-2)21(13-17)34-3)28(26(31)25(22)30)15-16-6-5-11-27-14-16/h4-14,23,29H,15H2,1-3H3. The number of amides is 1. The topological polar surface area (TPSA) is 102 Å². The monoisotopic (exact) mass is 460 g/mol. The Bertz CT molecular complexity index is 1260. The van der Waals surface area contributed by atoms with E-state index in [0.29, 0.717) is 22.8 Å². The van der Waals surface area contributed by atoms with Crippen LogP contribution in [0.4, 0.5) is 0 Å². The molecule has 1 aliphatic heterocycles. The molecule has 1 unspecified atom stereocenters. The Kier molecular flexibility index (Phi) is 6.49. The van der Waals surface area contributed by atoms with E-state index in [1.165, 1.54) is 26.2 Å². The van der Waals surface area contributed by atoms with Crippen LogP contribution in [0.3, 0.4) is 0 Å². The van der Waals surface area contributed by atoms with Gasteiger partial charge in [0.1, 0.15) is 5.75 Å². The highest BCUT2D eigenvalue weighted by Crippen LogP contribution is 2.42. The zero-order valence-corrected chi connectivity index (χ0v) is 19.0. The maximum absolute atomic E-state index is 13.6. The average molecular weight is 460 g/mol. The van der Waals surface area contributed by atoms with Gasteiger partial charge in [-0.2, -0.15) is 0 Å². The fourth-order valence-electron chi connectivity index (χ4n) is 4.05. The third-order valence-electron chi connectivity index (χ3n) is 5.71. The lowest BCUT2D eigenvalue weighted by Gasteiger charge is -2.28. The van der Waals surface area contributed by atoms with E-state index in [1.54, 1.807) is 60.9 Å². The van der Waals surface area contributed by atoms with Gasteiger partial charge in [0.25, 0.3) is 5.91 Å². The molecule has 1 aromatic heterocycles. The molecular formula is C26H24N2O6. The Morgan fingerprint density at radius 2 is 1.76 bits per heavy atom. The zero-order valence-electron chi connectivity index (χ0n) is 19.0. The zero-order chi connectivity index (χ0) is 24.2. The molecule has 3 aromatic rings. The number of methoxy groups -OCH3 is 3. The van der Waals surface area contributed by atoms with Crippen LogP contribution in [0.1, 0.15) is 22.7 Å². The van der Waals surface area contributed by atoms with Crippen LogP contribution in [0.2, 0.25) is 0 Å². The molecule has 1 saturated heterocycles. The first-order chi connectivity index (χ1) is 16.5. The van der Waals surface area contributed by atoms with Gasteiger partial charge in [-0.15, -0.1) is 0 Å². The van der Waals surface area contributed by atoms with Crippen molar-refractivity contribution in [3.05, 3.63) is 89.3 Å². The molecule has 0 bridgehead atoms. The van der Waals surface area contributed by atoms with Crippen molar-refractivity contribution >= 4 is 17.4 Å². The smallest absolute Gasteiger partial charge is 0.295 e. The van der Waals surface area contributed by atoms with E-state index in [1.807, 2.05) is 6.07 Å². The summed E-state index contributed by atoms with van der Waals surface area (Å²) in [4.78, 5) is 30.7. The maximum Gasteiger partial charge on any atom is 0.295 e. The number of carbonyl (C=O) groups is 2. The summed E-state index contributed by atoms with van der Waals surface area (Å²) in [6.07, 6.45) is 3.49. The molecule has 1 amide bonds. The van der Waals surface area contributed by atoms with E-state index in [4.69, 9.17) is 14.2 Å². The summed E-state index contributed by atoms with van der Waals surface area (Å²) in [6.45, 7) is 0.135. The number of aromatic nitrogens is 1. The number of ether oxygens (including phenoxy) is 3. The molecule has 8 nitrogen and oxygen atoms in total. The molecule has 1 aliphatic rings. The number of nitrogens with one attached hydrogen (secondary N) is 1. The lowest BCUT2D eigenvalue weighted by molar-refractivity contribution is -0.378. The first-order valence-electron chi connectivity index (χ1n) is 10.6. The molecule has 34 heavy (non-hydrogen) atoms. The maximum atomic E-state index is 13.6. The highest BCUT2D eigenvalue weighted by molar-refractivity contribution is 6.46. The normalized spacial score (nSPS) is 17.0. The number of ketones is 1. The number of likely N-dealkylation sites (tertiary alicyclic amines) is 1. The highest BCUT2D eigenvalue weighted by Gasteiger charge is 2.44. The minimum absolute atomic E-state index is 0.120. The number of pyridine rings is 1. The summed E-state index contributed by atoms with van der Waals surface area (Å²) in [6, 6.07) is 14.3. The van der Waals surface area contributed by atoms with Crippen LogP contribution in [0.25, 0.3) is 5.76 Å².